The molecule has 90 valence electrons. The van der Waals surface area contributed by atoms with Crippen LogP contribution in [0.3, 0.4) is 0 Å². The number of hydrogen-bond donors (Lipinski definition) is 1. The van der Waals surface area contributed by atoms with E-state index in [1.54, 1.807) is 28.7 Å². The molecule has 2 N–H and O–H groups in total. The molecule has 5 heteroatoms. The van der Waals surface area contributed by atoms with Crippen LogP contribution in [0, 0.1) is 5.82 Å². The molecule has 2 rings (SSSR count). The number of rotatable bonds is 4. The summed E-state index contributed by atoms with van der Waals surface area (Å²) in [5.41, 5.74) is 7.02. The molecule has 0 saturated heterocycles. The van der Waals surface area contributed by atoms with Crippen LogP contribution in [0.5, 0.6) is 0 Å². The van der Waals surface area contributed by atoms with E-state index < -0.39 is 0 Å². The summed E-state index contributed by atoms with van der Waals surface area (Å²) in [6.45, 7) is 0. The molecule has 2 aromatic rings. The van der Waals surface area contributed by atoms with E-state index in [2.05, 4.69) is 5.10 Å². The van der Waals surface area contributed by atoms with E-state index in [4.69, 9.17) is 5.73 Å². The molecule has 0 radical (unpaired) electrons. The Morgan fingerprint density at radius 2 is 2.35 bits per heavy atom. The molecule has 0 aliphatic carbocycles. The average Bonchev–Trinajstić information content (AvgIpc) is 2.73. The summed E-state index contributed by atoms with van der Waals surface area (Å²) in [4.78, 5) is 0.893. The zero-order valence-electron chi connectivity index (χ0n) is 9.51. The second-order valence-corrected chi connectivity index (χ2v) is 4.92. The van der Waals surface area contributed by atoms with Gasteiger partial charge in [0.15, 0.2) is 0 Å². The molecule has 3 nitrogen and oxygen atoms in total. The first kappa shape index (κ1) is 12.1. The third kappa shape index (κ3) is 3.31. The third-order valence-corrected chi connectivity index (χ3v) is 3.49. The van der Waals surface area contributed by atoms with Crippen LogP contribution in [0.4, 0.5) is 4.39 Å². The highest BCUT2D eigenvalue weighted by Crippen LogP contribution is 2.23. The molecule has 17 heavy (non-hydrogen) atoms. The molecule has 1 heterocycles. The predicted molar refractivity (Wildman–Crippen MR) is 67.3 cm³/mol. The summed E-state index contributed by atoms with van der Waals surface area (Å²) < 4.78 is 14.7. The number of nitrogens with two attached hydrogens (primary N) is 1. The van der Waals surface area contributed by atoms with Crippen LogP contribution < -0.4 is 5.73 Å². The van der Waals surface area contributed by atoms with Crippen molar-refractivity contribution in [2.45, 2.75) is 10.9 Å². The lowest BCUT2D eigenvalue weighted by molar-refractivity contribution is 0.624. The molecule has 1 unspecified atom stereocenters. The monoisotopic (exact) mass is 251 g/mol. The van der Waals surface area contributed by atoms with Crippen LogP contribution in [-0.2, 0) is 7.05 Å². The minimum Gasteiger partial charge on any atom is -0.323 e. The van der Waals surface area contributed by atoms with Gasteiger partial charge in [0, 0.05) is 35.5 Å². The van der Waals surface area contributed by atoms with Gasteiger partial charge < -0.3 is 5.73 Å². The number of nitrogens with zero attached hydrogens (tertiary/aromatic N) is 2. The Labute approximate surface area is 104 Å². The van der Waals surface area contributed by atoms with Gasteiger partial charge >= 0.3 is 0 Å². The van der Waals surface area contributed by atoms with Crippen molar-refractivity contribution in [2.75, 3.05) is 5.75 Å². The minimum atomic E-state index is -0.218. The first-order valence-corrected chi connectivity index (χ1v) is 6.26. The highest BCUT2D eigenvalue weighted by atomic mass is 32.2. The molecule has 1 aromatic carbocycles. The standard InChI is InChI=1S/C12H14FN3S/c1-16-7-9(6-15-16)12(14)8-17-11-4-2-3-10(13)5-11/h2-7,12H,8,14H2,1H3. The first-order valence-electron chi connectivity index (χ1n) is 5.27. The van der Waals surface area contributed by atoms with Gasteiger partial charge in [-0.1, -0.05) is 6.07 Å². The molecular weight excluding hydrogens is 237 g/mol. The van der Waals surface area contributed by atoms with Crippen LogP contribution in [0.1, 0.15) is 11.6 Å². The van der Waals surface area contributed by atoms with Crippen LogP contribution in [0.15, 0.2) is 41.6 Å². The van der Waals surface area contributed by atoms with Gasteiger partial charge in [-0.05, 0) is 18.2 Å². The fourth-order valence-electron chi connectivity index (χ4n) is 1.47. The molecule has 0 spiro atoms. The van der Waals surface area contributed by atoms with Crippen LogP contribution >= 0.6 is 11.8 Å². The lowest BCUT2D eigenvalue weighted by Crippen LogP contribution is -2.12. The van der Waals surface area contributed by atoms with Crippen LogP contribution in [0.25, 0.3) is 0 Å². The van der Waals surface area contributed by atoms with Gasteiger partial charge in [-0.25, -0.2) is 4.39 Å². The van der Waals surface area contributed by atoms with Gasteiger partial charge in [-0.15, -0.1) is 11.8 Å². The summed E-state index contributed by atoms with van der Waals surface area (Å²) in [6.07, 6.45) is 3.66. The van der Waals surface area contributed by atoms with E-state index in [9.17, 15) is 4.39 Å². The normalized spacial score (nSPS) is 12.6. The Hall–Kier alpha value is -1.33. The summed E-state index contributed by atoms with van der Waals surface area (Å²) in [5.74, 6) is 0.486. The summed E-state index contributed by atoms with van der Waals surface area (Å²) >= 11 is 1.54. The lowest BCUT2D eigenvalue weighted by Gasteiger charge is -2.08. The fraction of sp³-hybridized carbons (Fsp3) is 0.250. The van der Waals surface area contributed by atoms with Gasteiger partial charge in [0.25, 0.3) is 0 Å². The van der Waals surface area contributed by atoms with E-state index in [1.807, 2.05) is 19.3 Å². The van der Waals surface area contributed by atoms with E-state index >= 15 is 0 Å². The number of halogens is 1. The van der Waals surface area contributed by atoms with Gasteiger partial charge in [0.2, 0.25) is 0 Å². The first-order chi connectivity index (χ1) is 8.15. The maximum Gasteiger partial charge on any atom is 0.124 e. The maximum absolute atomic E-state index is 13.0. The number of aryl methyl sites for hydroxylation is 1. The quantitative estimate of drug-likeness (QED) is 0.848. The van der Waals surface area contributed by atoms with Crippen molar-refractivity contribution >= 4 is 11.8 Å². The molecule has 0 bridgehead atoms. The summed E-state index contributed by atoms with van der Waals surface area (Å²) in [7, 11) is 1.86. The van der Waals surface area contributed by atoms with Crippen molar-refractivity contribution in [1.82, 2.24) is 9.78 Å². The van der Waals surface area contributed by atoms with Crippen molar-refractivity contribution in [2.24, 2.45) is 12.8 Å². The van der Waals surface area contributed by atoms with Gasteiger partial charge in [0.05, 0.1) is 6.20 Å². The largest absolute Gasteiger partial charge is 0.323 e. The van der Waals surface area contributed by atoms with E-state index in [1.165, 1.54) is 12.1 Å². The smallest absolute Gasteiger partial charge is 0.124 e. The highest BCUT2D eigenvalue weighted by Gasteiger charge is 2.08. The molecule has 0 aliphatic rings. The average molecular weight is 251 g/mol. The minimum absolute atomic E-state index is 0.0861. The number of hydrogen-bond acceptors (Lipinski definition) is 3. The summed E-state index contributed by atoms with van der Waals surface area (Å²) in [5, 5.41) is 4.07. The fourth-order valence-corrected chi connectivity index (χ4v) is 2.41. The Morgan fingerprint density at radius 1 is 1.53 bits per heavy atom. The molecule has 0 aliphatic heterocycles. The SMILES string of the molecule is Cn1cc(C(N)CSc2cccc(F)c2)cn1. The Bertz CT molecular complexity index is 498. The molecule has 1 aromatic heterocycles. The second-order valence-electron chi connectivity index (χ2n) is 3.82. The van der Waals surface area contributed by atoms with Crippen LogP contribution in [-0.4, -0.2) is 15.5 Å². The van der Waals surface area contributed by atoms with Crippen molar-refractivity contribution in [3.8, 4) is 0 Å². The topological polar surface area (TPSA) is 43.8 Å². The molecular formula is C12H14FN3S. The third-order valence-electron chi connectivity index (χ3n) is 2.38. The van der Waals surface area contributed by atoms with Gasteiger partial charge in [-0.3, -0.25) is 4.68 Å². The Balaban J connectivity index is 1.94. The highest BCUT2D eigenvalue weighted by molar-refractivity contribution is 7.99. The molecule has 1 atom stereocenters. The van der Waals surface area contributed by atoms with E-state index in [0.29, 0.717) is 5.75 Å². The molecule has 0 amide bonds. The van der Waals surface area contributed by atoms with E-state index in [0.717, 1.165) is 10.5 Å². The predicted octanol–water partition coefficient (Wildman–Crippen LogP) is 2.35. The lowest BCUT2D eigenvalue weighted by atomic mass is 10.2. The van der Waals surface area contributed by atoms with Crippen molar-refractivity contribution < 1.29 is 4.39 Å². The number of aromatic nitrogens is 2. The van der Waals surface area contributed by atoms with Gasteiger partial charge in [0.1, 0.15) is 5.82 Å². The summed E-state index contributed by atoms with van der Waals surface area (Å²) in [6, 6.07) is 6.44. The second kappa shape index (κ2) is 5.33. The van der Waals surface area contributed by atoms with Crippen molar-refractivity contribution in [3.63, 3.8) is 0 Å². The maximum atomic E-state index is 13.0. The van der Waals surface area contributed by atoms with Crippen molar-refractivity contribution in [3.05, 3.63) is 48.0 Å². The Morgan fingerprint density at radius 3 is 3.00 bits per heavy atom. The van der Waals surface area contributed by atoms with Crippen LogP contribution in [0.2, 0.25) is 0 Å². The zero-order valence-corrected chi connectivity index (χ0v) is 10.3. The van der Waals surface area contributed by atoms with E-state index in [-0.39, 0.29) is 11.9 Å². The van der Waals surface area contributed by atoms with Crippen molar-refractivity contribution in [1.29, 1.82) is 0 Å². The van der Waals surface area contributed by atoms with Gasteiger partial charge in [-0.2, -0.15) is 5.10 Å². The number of thioether (sulfide) groups is 1. The Kier molecular flexibility index (Phi) is 3.81. The molecule has 0 saturated carbocycles. The zero-order chi connectivity index (χ0) is 12.3. The number of benzene rings is 1. The molecule has 0 fully saturated rings.